The third-order valence-electron chi connectivity index (χ3n) is 9.21. The maximum absolute atomic E-state index is 10.6. The van der Waals surface area contributed by atoms with E-state index in [9.17, 15) is 39.0 Å². The average Bonchev–Trinajstić information content (AvgIpc) is 3.15. The predicted molar refractivity (Wildman–Crippen MR) is 227 cm³/mol. The number of nitrogens with one attached hydrogen (secondary N) is 1. The van der Waals surface area contributed by atoms with E-state index < -0.39 is 60.7 Å². The van der Waals surface area contributed by atoms with Crippen LogP contribution in [0.5, 0.6) is 0 Å². The molecule has 0 aliphatic carbocycles. The third kappa shape index (κ3) is 52.8. The Bertz CT molecular complexity index is 1060. The second-order valence-corrected chi connectivity index (χ2v) is 15.0. The van der Waals surface area contributed by atoms with Crippen molar-refractivity contribution >= 4 is 35.8 Å². The van der Waals surface area contributed by atoms with Gasteiger partial charge in [-0.25, -0.2) is 0 Å². The monoisotopic (exact) mass is 909 g/mol. The molecular formula is C44H79NO14Zn. The Hall–Kier alpha value is -3.20. The summed E-state index contributed by atoms with van der Waals surface area (Å²) in [4.78, 5) is 62.5. The summed E-state index contributed by atoms with van der Waals surface area (Å²) in [5.74, 6) is -7.39. The summed E-state index contributed by atoms with van der Waals surface area (Å²) in [7, 11) is 0. The molecule has 0 saturated heterocycles. The van der Waals surface area contributed by atoms with E-state index in [0.717, 1.165) is 103 Å². The predicted octanol–water partition coefficient (Wildman–Crippen LogP) is 8.59. The molecule has 0 heterocycles. The Morgan fingerprint density at radius 3 is 1.05 bits per heavy atom. The molecule has 4 atom stereocenters. The van der Waals surface area contributed by atoms with Crippen LogP contribution in [0.1, 0.15) is 194 Å². The van der Waals surface area contributed by atoms with Crippen molar-refractivity contribution in [3.8, 4) is 0 Å². The molecule has 0 spiro atoms. The fourth-order valence-electron chi connectivity index (χ4n) is 5.76. The van der Waals surface area contributed by atoms with E-state index in [1.54, 1.807) is 0 Å². The van der Waals surface area contributed by atoms with Gasteiger partial charge in [0.05, 0.1) is 25.0 Å². The summed E-state index contributed by atoms with van der Waals surface area (Å²) in [6.07, 6.45) is 33.0. The molecule has 0 aromatic heterocycles. The van der Waals surface area contributed by atoms with Gasteiger partial charge in [0, 0.05) is 32.3 Å². The minimum Gasteiger partial charge on any atom is -0.481 e. The van der Waals surface area contributed by atoms with Crippen LogP contribution in [-0.4, -0.2) is 101 Å². The number of carboxylic acid groups (broad SMARTS) is 6. The number of hydrogen-bond acceptors (Lipinski definition) is 9. The molecule has 0 radical (unpaired) electrons. The molecule has 0 rings (SSSR count). The molecule has 346 valence electrons. The number of aliphatic hydroxyl groups excluding tert-OH is 2. The molecule has 60 heavy (non-hydrogen) atoms. The first-order valence-corrected chi connectivity index (χ1v) is 21.8. The van der Waals surface area contributed by atoms with E-state index in [4.69, 9.17) is 30.6 Å². The van der Waals surface area contributed by atoms with Gasteiger partial charge in [0.2, 0.25) is 0 Å². The zero-order chi connectivity index (χ0) is 45.1. The van der Waals surface area contributed by atoms with Crippen LogP contribution in [0.2, 0.25) is 0 Å². The van der Waals surface area contributed by atoms with Gasteiger partial charge >= 0.3 is 35.8 Å². The smallest absolute Gasteiger partial charge is 0.321 e. The molecule has 0 saturated carbocycles. The number of aliphatic hydroxyl groups is 2. The largest absolute Gasteiger partial charge is 0.481 e. The molecule has 0 fully saturated rings. The first kappa shape index (κ1) is 63.4. The number of rotatable bonds is 38. The van der Waals surface area contributed by atoms with E-state index in [0.29, 0.717) is 12.8 Å². The molecule has 9 N–H and O–H groups in total. The number of hydrogen-bond donors (Lipinski definition) is 9. The van der Waals surface area contributed by atoms with E-state index in [-0.39, 0.29) is 31.7 Å². The molecule has 0 bridgehead atoms. The Labute approximate surface area is 371 Å². The van der Waals surface area contributed by atoms with Gasteiger partial charge in [-0.2, -0.15) is 0 Å². The van der Waals surface area contributed by atoms with Crippen LogP contribution in [0.15, 0.2) is 24.3 Å². The molecule has 0 aliphatic heterocycles. The minimum atomic E-state index is -1.66. The van der Waals surface area contributed by atoms with E-state index in [1.165, 1.54) is 51.4 Å². The second-order valence-electron chi connectivity index (χ2n) is 15.0. The molecule has 2 unspecified atom stereocenters. The molecule has 0 aliphatic rings. The summed E-state index contributed by atoms with van der Waals surface area (Å²) in [6.45, 7) is 4.40. The van der Waals surface area contributed by atoms with Crippen LogP contribution in [-0.2, 0) is 48.2 Å². The first-order chi connectivity index (χ1) is 28.1. The minimum absolute atomic E-state index is 0. The summed E-state index contributed by atoms with van der Waals surface area (Å²) in [5.41, 5.74) is 0. The molecular weight excluding hydrogens is 832 g/mol. The SMILES string of the molecule is CCCCCC[C@@H](O)C/C=C\CCCCCCCC(=O)O.CCCCCC[C@@H](O)C/C=C\CCCCCCCC(=O)O.O=C(O)CC(NC(CC(=O)O)C(=O)O)C(=O)O.[Zn]. The Morgan fingerprint density at radius 2 is 0.750 bits per heavy atom. The topological polar surface area (TPSA) is 276 Å². The summed E-state index contributed by atoms with van der Waals surface area (Å²) in [6, 6.07) is -3.32. The van der Waals surface area contributed by atoms with Gasteiger partial charge in [-0.1, -0.05) is 128 Å². The standard InChI is InChI=1S/2C18H34O3.C8H11NO8.Zn/c2*1-2-3-4-11-14-17(19)15-12-9-7-5-6-8-10-13-16-18(20)21;10-5(11)1-3(7(14)15)9-4(8(16)17)2-6(12)13;/h2*9,12,17,19H,2-8,10-11,13-16H2,1H3,(H,20,21);3-4,9H,1-2H2,(H,10,11)(H,12,13)(H,14,15)(H,16,17);/b2*12-9-;;/t2*17-;;/m11../s1. The third-order valence-corrected chi connectivity index (χ3v) is 9.21. The zero-order valence-electron chi connectivity index (χ0n) is 36.7. The van der Waals surface area contributed by atoms with Crippen LogP contribution in [0.25, 0.3) is 0 Å². The van der Waals surface area contributed by atoms with Crippen LogP contribution in [0.4, 0.5) is 0 Å². The van der Waals surface area contributed by atoms with Gasteiger partial charge in [0.1, 0.15) is 12.1 Å². The van der Waals surface area contributed by atoms with Crippen molar-refractivity contribution < 1.29 is 89.1 Å². The van der Waals surface area contributed by atoms with Crippen LogP contribution in [0.3, 0.4) is 0 Å². The average molecular weight is 911 g/mol. The Kier molecular flexibility index (Phi) is 49.6. The van der Waals surface area contributed by atoms with E-state index in [1.807, 2.05) is 5.32 Å². The van der Waals surface area contributed by atoms with Crippen molar-refractivity contribution in [1.82, 2.24) is 5.32 Å². The number of carbonyl (C=O) groups is 6. The summed E-state index contributed by atoms with van der Waals surface area (Å²) in [5, 5.41) is 72.6. The molecule has 16 heteroatoms. The first-order valence-electron chi connectivity index (χ1n) is 21.8. The van der Waals surface area contributed by atoms with Gasteiger partial charge in [0.25, 0.3) is 0 Å². The second kappa shape index (κ2) is 46.9. The van der Waals surface area contributed by atoms with Gasteiger partial charge in [-0.05, 0) is 64.2 Å². The summed E-state index contributed by atoms with van der Waals surface area (Å²) >= 11 is 0. The Morgan fingerprint density at radius 1 is 0.433 bits per heavy atom. The van der Waals surface area contributed by atoms with Crippen molar-refractivity contribution in [2.45, 2.75) is 218 Å². The fourth-order valence-corrected chi connectivity index (χ4v) is 5.76. The maximum Gasteiger partial charge on any atom is 0.321 e. The van der Waals surface area contributed by atoms with Gasteiger partial charge in [-0.3, -0.25) is 34.1 Å². The Balaban J connectivity index is -0.000000391. The normalized spacial score (nSPS) is 12.9. The quantitative estimate of drug-likeness (QED) is 0.0159. The van der Waals surface area contributed by atoms with Gasteiger partial charge in [0.15, 0.2) is 0 Å². The van der Waals surface area contributed by atoms with Crippen LogP contribution in [0, 0.1) is 0 Å². The number of carboxylic acids is 6. The summed E-state index contributed by atoms with van der Waals surface area (Å²) < 4.78 is 0. The number of aliphatic carboxylic acids is 6. The molecule has 0 aromatic rings. The maximum atomic E-state index is 10.6. The molecule has 0 amide bonds. The van der Waals surface area contributed by atoms with Crippen molar-refractivity contribution in [1.29, 1.82) is 0 Å². The van der Waals surface area contributed by atoms with E-state index in [2.05, 4.69) is 38.2 Å². The van der Waals surface area contributed by atoms with Crippen molar-refractivity contribution in [2.75, 3.05) is 0 Å². The molecule has 15 nitrogen and oxygen atoms in total. The van der Waals surface area contributed by atoms with Crippen molar-refractivity contribution in [3.05, 3.63) is 24.3 Å². The van der Waals surface area contributed by atoms with E-state index >= 15 is 0 Å². The van der Waals surface area contributed by atoms with Crippen LogP contribution >= 0.6 is 0 Å². The fraction of sp³-hybridized carbons (Fsp3) is 0.773. The number of allylic oxidation sites excluding steroid dienone is 2. The number of unbranched alkanes of at least 4 members (excludes halogenated alkanes) is 16. The van der Waals surface area contributed by atoms with Gasteiger partial charge in [-0.15, -0.1) is 0 Å². The van der Waals surface area contributed by atoms with Crippen molar-refractivity contribution in [3.63, 3.8) is 0 Å². The van der Waals surface area contributed by atoms with Gasteiger partial charge < -0.3 is 40.9 Å². The zero-order valence-corrected chi connectivity index (χ0v) is 39.6. The van der Waals surface area contributed by atoms with Crippen molar-refractivity contribution in [2.24, 2.45) is 0 Å². The molecule has 0 aromatic carbocycles. The van der Waals surface area contributed by atoms with Crippen LogP contribution < -0.4 is 5.32 Å².